The molecular formula is C14H21NO2S. The summed E-state index contributed by atoms with van der Waals surface area (Å²) >= 11 is 0. The van der Waals surface area contributed by atoms with Gasteiger partial charge in [-0.25, -0.2) is 8.42 Å². The highest BCUT2D eigenvalue weighted by molar-refractivity contribution is 7.92. The highest BCUT2D eigenvalue weighted by Gasteiger charge is 2.38. The summed E-state index contributed by atoms with van der Waals surface area (Å²) in [6.45, 7) is 3.86. The third-order valence-corrected chi connectivity index (χ3v) is 6.29. The molecule has 1 aliphatic rings. The maximum atomic E-state index is 12.7. The number of aryl methyl sites for hydroxylation is 2. The standard InChI is InChI=1S/C14H21NO2S/c1-10-7-8-13(11(2)9-10)18(16,17)14-6-4-5-12(14)15-3/h7-9,12,14-15H,4-6H2,1-3H3. The molecule has 0 heterocycles. The number of benzene rings is 1. The smallest absolute Gasteiger partial charge is 0.183 e. The molecule has 3 nitrogen and oxygen atoms in total. The summed E-state index contributed by atoms with van der Waals surface area (Å²) in [4.78, 5) is 0.500. The van der Waals surface area contributed by atoms with Crippen LogP contribution in [0.3, 0.4) is 0 Å². The Morgan fingerprint density at radius 3 is 2.56 bits per heavy atom. The van der Waals surface area contributed by atoms with Gasteiger partial charge in [0, 0.05) is 6.04 Å². The van der Waals surface area contributed by atoms with Gasteiger partial charge in [-0.05, 0) is 45.4 Å². The topological polar surface area (TPSA) is 46.2 Å². The molecule has 0 spiro atoms. The Kier molecular flexibility index (Phi) is 3.78. The fourth-order valence-corrected chi connectivity index (χ4v) is 5.18. The Hall–Kier alpha value is -0.870. The normalized spacial score (nSPS) is 24.4. The molecule has 0 saturated heterocycles. The van der Waals surface area contributed by atoms with Gasteiger partial charge in [0.05, 0.1) is 10.1 Å². The molecule has 0 bridgehead atoms. The lowest BCUT2D eigenvalue weighted by Crippen LogP contribution is -2.38. The third-order valence-electron chi connectivity index (χ3n) is 3.86. The van der Waals surface area contributed by atoms with Crippen LogP contribution < -0.4 is 5.32 Å². The van der Waals surface area contributed by atoms with E-state index in [9.17, 15) is 8.42 Å². The first-order chi connectivity index (χ1) is 8.46. The number of nitrogens with one attached hydrogen (secondary N) is 1. The van der Waals surface area contributed by atoms with E-state index in [0.29, 0.717) is 4.90 Å². The molecule has 18 heavy (non-hydrogen) atoms. The minimum absolute atomic E-state index is 0.0932. The molecular weight excluding hydrogens is 246 g/mol. The third kappa shape index (κ3) is 2.31. The van der Waals surface area contributed by atoms with E-state index < -0.39 is 9.84 Å². The van der Waals surface area contributed by atoms with E-state index >= 15 is 0 Å². The predicted molar refractivity (Wildman–Crippen MR) is 73.6 cm³/mol. The molecule has 1 aromatic rings. The first-order valence-corrected chi connectivity index (χ1v) is 8.00. The molecule has 2 rings (SSSR count). The maximum Gasteiger partial charge on any atom is 0.183 e. The summed E-state index contributed by atoms with van der Waals surface area (Å²) in [5.41, 5.74) is 1.96. The highest BCUT2D eigenvalue weighted by atomic mass is 32.2. The molecule has 0 amide bonds. The van der Waals surface area contributed by atoms with Gasteiger partial charge in [0.15, 0.2) is 9.84 Å². The fraction of sp³-hybridized carbons (Fsp3) is 0.571. The van der Waals surface area contributed by atoms with Crippen LogP contribution in [0.1, 0.15) is 30.4 Å². The van der Waals surface area contributed by atoms with E-state index in [4.69, 9.17) is 0 Å². The van der Waals surface area contributed by atoms with Gasteiger partial charge in [0.25, 0.3) is 0 Å². The number of hydrogen-bond acceptors (Lipinski definition) is 3. The zero-order valence-electron chi connectivity index (χ0n) is 11.2. The minimum atomic E-state index is -3.21. The van der Waals surface area contributed by atoms with E-state index in [1.807, 2.05) is 33.0 Å². The average Bonchev–Trinajstić information content (AvgIpc) is 2.76. The Morgan fingerprint density at radius 2 is 1.94 bits per heavy atom. The lowest BCUT2D eigenvalue weighted by molar-refractivity contribution is 0.537. The zero-order valence-corrected chi connectivity index (χ0v) is 12.0. The van der Waals surface area contributed by atoms with Crippen molar-refractivity contribution >= 4 is 9.84 Å². The van der Waals surface area contributed by atoms with Crippen LogP contribution in [0.25, 0.3) is 0 Å². The van der Waals surface area contributed by atoms with Crippen molar-refractivity contribution in [1.29, 1.82) is 0 Å². The van der Waals surface area contributed by atoms with Gasteiger partial charge in [-0.2, -0.15) is 0 Å². The van der Waals surface area contributed by atoms with Crippen LogP contribution in [0.15, 0.2) is 23.1 Å². The SMILES string of the molecule is CNC1CCCC1S(=O)(=O)c1ccc(C)cc1C. The van der Waals surface area contributed by atoms with Gasteiger partial charge < -0.3 is 5.32 Å². The molecule has 1 aromatic carbocycles. The Bertz CT molecular complexity index is 537. The van der Waals surface area contributed by atoms with Crippen molar-refractivity contribution in [3.8, 4) is 0 Å². The van der Waals surface area contributed by atoms with Crippen LogP contribution in [0, 0.1) is 13.8 Å². The largest absolute Gasteiger partial charge is 0.316 e. The number of rotatable bonds is 3. The minimum Gasteiger partial charge on any atom is -0.316 e. The van der Waals surface area contributed by atoms with Gasteiger partial charge in [-0.3, -0.25) is 0 Å². The summed E-state index contributed by atoms with van der Waals surface area (Å²) in [6, 6.07) is 5.67. The Balaban J connectivity index is 2.42. The number of sulfone groups is 1. The Morgan fingerprint density at radius 1 is 1.22 bits per heavy atom. The molecule has 100 valence electrons. The van der Waals surface area contributed by atoms with E-state index in [-0.39, 0.29) is 11.3 Å². The van der Waals surface area contributed by atoms with Crippen molar-refractivity contribution in [3.63, 3.8) is 0 Å². The van der Waals surface area contributed by atoms with E-state index in [2.05, 4.69) is 5.32 Å². The molecule has 1 fully saturated rings. The summed E-state index contributed by atoms with van der Waals surface area (Å²) < 4.78 is 25.4. The fourth-order valence-electron chi connectivity index (χ4n) is 2.91. The molecule has 1 N–H and O–H groups in total. The first kappa shape index (κ1) is 13.6. The average molecular weight is 267 g/mol. The Labute approximate surface area is 110 Å². The van der Waals surface area contributed by atoms with Crippen LogP contribution in [0.2, 0.25) is 0 Å². The molecule has 1 saturated carbocycles. The quantitative estimate of drug-likeness (QED) is 0.913. The molecule has 2 atom stereocenters. The molecule has 4 heteroatoms. The maximum absolute atomic E-state index is 12.7. The zero-order chi connectivity index (χ0) is 13.3. The second-order valence-corrected chi connectivity index (χ2v) is 7.31. The molecule has 2 unspecified atom stereocenters. The van der Waals surface area contributed by atoms with E-state index in [0.717, 1.165) is 30.4 Å². The van der Waals surface area contributed by atoms with Crippen molar-refractivity contribution < 1.29 is 8.42 Å². The van der Waals surface area contributed by atoms with Crippen molar-refractivity contribution in [3.05, 3.63) is 29.3 Å². The van der Waals surface area contributed by atoms with Gasteiger partial charge in [-0.1, -0.05) is 24.1 Å². The van der Waals surface area contributed by atoms with Crippen LogP contribution in [-0.4, -0.2) is 26.8 Å². The summed E-state index contributed by atoms with van der Waals surface area (Å²) in [7, 11) is -1.36. The summed E-state index contributed by atoms with van der Waals surface area (Å²) in [6.07, 6.45) is 2.70. The monoisotopic (exact) mass is 267 g/mol. The van der Waals surface area contributed by atoms with Gasteiger partial charge in [0.2, 0.25) is 0 Å². The van der Waals surface area contributed by atoms with Crippen molar-refractivity contribution in [1.82, 2.24) is 5.32 Å². The molecule has 0 radical (unpaired) electrons. The second-order valence-electron chi connectivity index (χ2n) is 5.18. The van der Waals surface area contributed by atoms with Crippen LogP contribution in [0.5, 0.6) is 0 Å². The molecule has 0 aromatic heterocycles. The van der Waals surface area contributed by atoms with Crippen LogP contribution in [0.4, 0.5) is 0 Å². The van der Waals surface area contributed by atoms with Gasteiger partial charge in [0.1, 0.15) is 0 Å². The van der Waals surface area contributed by atoms with Crippen molar-refractivity contribution in [2.75, 3.05) is 7.05 Å². The van der Waals surface area contributed by atoms with Crippen molar-refractivity contribution in [2.24, 2.45) is 0 Å². The van der Waals surface area contributed by atoms with E-state index in [1.165, 1.54) is 0 Å². The van der Waals surface area contributed by atoms with Crippen LogP contribution >= 0.6 is 0 Å². The lowest BCUT2D eigenvalue weighted by atomic mass is 10.2. The predicted octanol–water partition coefficient (Wildman–Crippen LogP) is 2.22. The lowest BCUT2D eigenvalue weighted by Gasteiger charge is -2.20. The molecule has 0 aliphatic heterocycles. The summed E-state index contributed by atoms with van der Waals surface area (Å²) in [5.74, 6) is 0. The summed E-state index contributed by atoms with van der Waals surface area (Å²) in [5, 5.41) is 2.87. The second kappa shape index (κ2) is 5.02. The van der Waals surface area contributed by atoms with E-state index in [1.54, 1.807) is 6.07 Å². The number of hydrogen-bond donors (Lipinski definition) is 1. The van der Waals surface area contributed by atoms with Crippen LogP contribution in [-0.2, 0) is 9.84 Å². The first-order valence-electron chi connectivity index (χ1n) is 6.45. The van der Waals surface area contributed by atoms with Crippen molar-refractivity contribution in [2.45, 2.75) is 49.3 Å². The van der Waals surface area contributed by atoms with Gasteiger partial charge in [-0.15, -0.1) is 0 Å². The van der Waals surface area contributed by atoms with Gasteiger partial charge >= 0.3 is 0 Å². The highest BCUT2D eigenvalue weighted by Crippen LogP contribution is 2.31. The molecule has 1 aliphatic carbocycles.